The maximum Gasteiger partial charge on any atom is 0.471 e. The van der Waals surface area contributed by atoms with Crippen LogP contribution in [-0.2, 0) is 14.3 Å². The fourth-order valence-corrected chi connectivity index (χ4v) is 5.09. The summed E-state index contributed by atoms with van der Waals surface area (Å²) in [7, 11) is 1.43. The number of carbonyl (C=O) groups is 3. The highest BCUT2D eigenvalue weighted by Crippen LogP contribution is 2.43. The second-order valence-corrected chi connectivity index (χ2v) is 10.6. The van der Waals surface area contributed by atoms with E-state index in [1.165, 1.54) is 13.4 Å². The van der Waals surface area contributed by atoms with E-state index in [2.05, 4.69) is 10.3 Å². The van der Waals surface area contributed by atoms with Gasteiger partial charge in [0, 0.05) is 24.7 Å². The van der Waals surface area contributed by atoms with E-state index in [0.717, 1.165) is 4.90 Å². The van der Waals surface area contributed by atoms with Gasteiger partial charge in [0.15, 0.2) is 17.7 Å². The van der Waals surface area contributed by atoms with Gasteiger partial charge in [-0.25, -0.2) is 14.7 Å². The van der Waals surface area contributed by atoms with E-state index in [-0.39, 0.29) is 31.4 Å². The molecule has 1 saturated heterocycles. The molecular formula is C25H31F3N4O7. The summed E-state index contributed by atoms with van der Waals surface area (Å²) in [6.45, 7) is 3.93. The van der Waals surface area contributed by atoms with E-state index in [1.807, 2.05) is 0 Å². The quantitative estimate of drug-likeness (QED) is 0.581. The lowest BCUT2D eigenvalue weighted by atomic mass is 9.76. The predicted octanol–water partition coefficient (Wildman–Crippen LogP) is 3.18. The first-order chi connectivity index (χ1) is 18.2. The monoisotopic (exact) mass is 556 g/mol. The summed E-state index contributed by atoms with van der Waals surface area (Å²) in [6.07, 6.45) is -6.51. The van der Waals surface area contributed by atoms with Crippen molar-refractivity contribution in [3.05, 3.63) is 17.7 Å². The molecule has 0 radical (unpaired) electrons. The normalized spacial score (nSPS) is 25.2. The Morgan fingerprint density at radius 1 is 1.13 bits per heavy atom. The summed E-state index contributed by atoms with van der Waals surface area (Å²) in [6, 6.07) is 3.14. The van der Waals surface area contributed by atoms with Gasteiger partial charge in [0.25, 0.3) is 5.91 Å². The molecule has 0 aromatic heterocycles. The topological polar surface area (TPSA) is 130 Å². The standard InChI is InChI=1S/C25H31F3N4O7/c1-23(2,3)39-22(36)31-9-10-32(21(35)25(26,27)28)24(20(31)34)7-5-14(6-8-24)38-18-11-15-16(12-17(18)37-4)29-13-30-19(15)33/h11-14,19,33H,5-10H2,1-4H3,(H,29,30)/t14-,19?,24-. The van der Waals surface area contributed by atoms with Crippen molar-refractivity contribution in [2.75, 3.05) is 20.2 Å². The maximum absolute atomic E-state index is 13.6. The summed E-state index contributed by atoms with van der Waals surface area (Å²) in [5.74, 6) is -2.42. The smallest absolute Gasteiger partial charge is 0.471 e. The molecule has 0 bridgehead atoms. The third-order valence-electron chi connectivity index (χ3n) is 6.91. The van der Waals surface area contributed by atoms with Crippen molar-refractivity contribution in [2.45, 2.75) is 76.1 Å². The van der Waals surface area contributed by atoms with Crippen LogP contribution >= 0.6 is 0 Å². The molecule has 1 spiro atoms. The van der Waals surface area contributed by atoms with Crippen LogP contribution in [0.15, 0.2) is 17.1 Å². The molecule has 1 atom stereocenters. The predicted molar refractivity (Wildman–Crippen MR) is 131 cm³/mol. The number of alkyl halides is 3. The number of imide groups is 1. The minimum atomic E-state index is -5.19. The average molecular weight is 557 g/mol. The van der Waals surface area contributed by atoms with Gasteiger partial charge in [0.2, 0.25) is 0 Å². The number of aliphatic imine (C=N–C) groups is 1. The number of amides is 3. The largest absolute Gasteiger partial charge is 0.493 e. The Morgan fingerprint density at radius 2 is 1.79 bits per heavy atom. The molecule has 11 nitrogen and oxygen atoms in total. The van der Waals surface area contributed by atoms with Gasteiger partial charge in [-0.05, 0) is 52.5 Å². The molecule has 214 valence electrons. The zero-order chi connectivity index (χ0) is 28.8. The fraction of sp³-hybridized carbons (Fsp3) is 0.600. The molecule has 39 heavy (non-hydrogen) atoms. The number of halogens is 3. The van der Waals surface area contributed by atoms with Crippen molar-refractivity contribution in [2.24, 2.45) is 4.99 Å². The molecule has 2 aliphatic heterocycles. The Labute approximate surface area is 222 Å². The highest BCUT2D eigenvalue weighted by atomic mass is 19.4. The zero-order valence-corrected chi connectivity index (χ0v) is 22.0. The molecular weight excluding hydrogens is 525 g/mol. The Morgan fingerprint density at radius 3 is 2.38 bits per heavy atom. The van der Waals surface area contributed by atoms with Gasteiger partial charge in [-0.3, -0.25) is 9.59 Å². The summed E-state index contributed by atoms with van der Waals surface area (Å²) in [5.41, 5.74) is -1.89. The Balaban J connectivity index is 1.58. The Bertz CT molecular complexity index is 1170. The fourth-order valence-electron chi connectivity index (χ4n) is 5.09. The second kappa shape index (κ2) is 10.2. The molecule has 3 aliphatic rings. The van der Waals surface area contributed by atoms with E-state index >= 15 is 0 Å². The molecule has 2 fully saturated rings. The first-order valence-electron chi connectivity index (χ1n) is 12.5. The molecule has 1 aliphatic carbocycles. The number of fused-ring (bicyclic) bond motifs is 1. The van der Waals surface area contributed by atoms with E-state index in [9.17, 15) is 32.7 Å². The number of carbonyl (C=O) groups excluding carboxylic acids is 3. The lowest BCUT2D eigenvalue weighted by molar-refractivity contribution is -0.199. The molecule has 1 aromatic carbocycles. The van der Waals surface area contributed by atoms with Crippen LogP contribution < -0.4 is 14.8 Å². The lowest BCUT2D eigenvalue weighted by Gasteiger charge is -2.51. The number of hydrogen-bond acceptors (Lipinski definition) is 9. The van der Waals surface area contributed by atoms with Crippen LogP contribution in [-0.4, -0.2) is 82.8 Å². The van der Waals surface area contributed by atoms with Crippen molar-refractivity contribution < 1.29 is 46.9 Å². The maximum atomic E-state index is 13.6. The van der Waals surface area contributed by atoms with Crippen LogP contribution in [0.1, 0.15) is 58.2 Å². The summed E-state index contributed by atoms with van der Waals surface area (Å²) in [4.78, 5) is 44.2. The Kier molecular flexibility index (Phi) is 7.45. The van der Waals surface area contributed by atoms with Gasteiger partial charge in [-0.2, -0.15) is 13.2 Å². The molecule has 2 N–H and O–H groups in total. The van der Waals surface area contributed by atoms with Crippen molar-refractivity contribution in [3.63, 3.8) is 0 Å². The van der Waals surface area contributed by atoms with Crippen molar-refractivity contribution in [3.8, 4) is 11.5 Å². The first-order valence-corrected chi connectivity index (χ1v) is 12.5. The molecule has 2 heterocycles. The second-order valence-electron chi connectivity index (χ2n) is 10.6. The third-order valence-corrected chi connectivity index (χ3v) is 6.91. The van der Waals surface area contributed by atoms with Crippen LogP contribution in [0, 0.1) is 0 Å². The van der Waals surface area contributed by atoms with E-state index in [0.29, 0.717) is 21.9 Å². The molecule has 1 aromatic rings. The van der Waals surface area contributed by atoms with Crippen LogP contribution in [0.2, 0.25) is 0 Å². The van der Waals surface area contributed by atoms with Crippen LogP contribution in [0.25, 0.3) is 0 Å². The van der Waals surface area contributed by atoms with Crippen LogP contribution in [0.3, 0.4) is 0 Å². The summed E-state index contributed by atoms with van der Waals surface area (Å²) in [5, 5.41) is 12.9. The number of benzene rings is 1. The summed E-state index contributed by atoms with van der Waals surface area (Å²) < 4.78 is 57.3. The van der Waals surface area contributed by atoms with E-state index < -0.39 is 60.6 Å². The minimum absolute atomic E-state index is 0.106. The number of piperazine rings is 1. The number of ether oxygens (including phenoxy) is 3. The van der Waals surface area contributed by atoms with Gasteiger partial charge in [-0.1, -0.05) is 0 Å². The molecule has 4 rings (SSSR count). The number of nitrogens with one attached hydrogen (secondary N) is 1. The van der Waals surface area contributed by atoms with Gasteiger partial charge in [0.05, 0.1) is 25.2 Å². The highest BCUT2D eigenvalue weighted by Gasteiger charge is 2.59. The van der Waals surface area contributed by atoms with Crippen LogP contribution in [0.4, 0.5) is 23.7 Å². The number of nitrogens with zero attached hydrogens (tertiary/aromatic N) is 3. The minimum Gasteiger partial charge on any atom is -0.493 e. The molecule has 14 heteroatoms. The van der Waals surface area contributed by atoms with Crippen LogP contribution in [0.5, 0.6) is 11.5 Å². The van der Waals surface area contributed by atoms with Crippen molar-refractivity contribution >= 4 is 29.9 Å². The van der Waals surface area contributed by atoms with Crippen molar-refractivity contribution in [1.82, 2.24) is 15.1 Å². The average Bonchev–Trinajstić information content (AvgIpc) is 2.85. The number of rotatable bonds is 3. The number of aliphatic hydroxyl groups excluding tert-OH is 1. The van der Waals surface area contributed by atoms with Crippen molar-refractivity contribution in [1.29, 1.82) is 0 Å². The number of hydrogen-bond donors (Lipinski definition) is 2. The van der Waals surface area contributed by atoms with Gasteiger partial charge in [0.1, 0.15) is 11.1 Å². The zero-order valence-electron chi connectivity index (χ0n) is 22.0. The SMILES string of the molecule is COc1cc2c(cc1O[C@H]1CC[C@]3(CC1)C(=O)N(C(=O)OC(C)(C)C)CCN3C(=O)C(F)(F)F)C(O)NC=N2. The van der Waals surface area contributed by atoms with Gasteiger partial charge in [-0.15, -0.1) is 0 Å². The number of methoxy groups -OCH3 is 1. The van der Waals surface area contributed by atoms with E-state index in [1.54, 1.807) is 32.9 Å². The number of aliphatic hydroxyl groups is 1. The molecule has 1 saturated carbocycles. The Hall–Kier alpha value is -3.55. The third kappa shape index (κ3) is 5.60. The highest BCUT2D eigenvalue weighted by molar-refractivity contribution is 6.01. The van der Waals surface area contributed by atoms with Gasteiger partial charge < -0.3 is 29.5 Å². The van der Waals surface area contributed by atoms with Gasteiger partial charge >= 0.3 is 18.2 Å². The molecule has 3 amide bonds. The van der Waals surface area contributed by atoms with E-state index in [4.69, 9.17) is 14.2 Å². The molecule has 1 unspecified atom stereocenters. The first kappa shape index (κ1) is 28.5. The summed E-state index contributed by atoms with van der Waals surface area (Å²) >= 11 is 0. The lowest BCUT2D eigenvalue weighted by Crippen LogP contribution is -2.71.